The third-order valence-electron chi connectivity index (χ3n) is 3.48. The van der Waals surface area contributed by atoms with Gasteiger partial charge in [-0.15, -0.1) is 0 Å². The van der Waals surface area contributed by atoms with E-state index in [0.29, 0.717) is 12.2 Å². The van der Waals surface area contributed by atoms with Gasteiger partial charge in [-0.05, 0) is 31.2 Å². The molecule has 0 bridgehead atoms. The third kappa shape index (κ3) is 4.26. The fraction of sp³-hybridized carbons (Fsp3) is 0.412. The first-order valence-electron chi connectivity index (χ1n) is 7.75. The number of hydrogen-bond donors (Lipinski definition) is 2. The van der Waals surface area contributed by atoms with Gasteiger partial charge < -0.3 is 24.8 Å². The minimum atomic E-state index is -1.25. The molecule has 0 aliphatic carbocycles. The van der Waals surface area contributed by atoms with Crippen LogP contribution in [0.25, 0.3) is 0 Å². The Bertz CT molecular complexity index is 615. The van der Waals surface area contributed by atoms with Gasteiger partial charge >= 0.3 is 11.9 Å². The van der Waals surface area contributed by atoms with Gasteiger partial charge in [0.05, 0.1) is 6.61 Å². The predicted molar refractivity (Wildman–Crippen MR) is 89.4 cm³/mol. The molecule has 130 valence electrons. The van der Waals surface area contributed by atoms with Crippen molar-refractivity contribution in [3.05, 3.63) is 36.0 Å². The van der Waals surface area contributed by atoms with Crippen LogP contribution in [-0.2, 0) is 19.1 Å². The summed E-state index contributed by atoms with van der Waals surface area (Å²) in [6, 6.07) is 7.41. The molecule has 0 aromatic heterocycles. The zero-order chi connectivity index (χ0) is 17.7. The maximum absolute atomic E-state index is 11.8. The van der Waals surface area contributed by atoms with Crippen LogP contribution < -0.4 is 10.2 Å². The lowest BCUT2D eigenvalue weighted by Gasteiger charge is -2.29. The second-order valence-electron chi connectivity index (χ2n) is 5.73. The number of benzene rings is 1. The number of nitrogens with zero attached hydrogens (tertiary/aromatic N) is 1. The molecule has 24 heavy (non-hydrogen) atoms. The summed E-state index contributed by atoms with van der Waals surface area (Å²) in [6.07, 6.45) is 1.28. The van der Waals surface area contributed by atoms with Crippen molar-refractivity contribution < 1.29 is 24.2 Å². The standard InChI is InChI=1S/C17H22N2O5/c1-4-19(9-10-20)13-7-5-12(6-8-13)18-11-14-15(21)23-17(2,3)24-16(14)22/h5-8,11,18,20H,4,9-10H2,1-3H3. The fourth-order valence-corrected chi connectivity index (χ4v) is 2.29. The Kier molecular flexibility index (Phi) is 5.46. The normalized spacial score (nSPS) is 16.2. The summed E-state index contributed by atoms with van der Waals surface area (Å²) in [5, 5.41) is 11.9. The highest BCUT2D eigenvalue weighted by atomic mass is 16.7. The summed E-state index contributed by atoms with van der Waals surface area (Å²) >= 11 is 0. The van der Waals surface area contributed by atoms with Crippen molar-refractivity contribution in [3.63, 3.8) is 0 Å². The Morgan fingerprint density at radius 3 is 2.25 bits per heavy atom. The maximum atomic E-state index is 11.8. The zero-order valence-electron chi connectivity index (χ0n) is 14.0. The van der Waals surface area contributed by atoms with Gasteiger partial charge in [-0.2, -0.15) is 0 Å². The van der Waals surface area contributed by atoms with Gasteiger partial charge in [0.2, 0.25) is 0 Å². The van der Waals surface area contributed by atoms with E-state index < -0.39 is 17.7 Å². The van der Waals surface area contributed by atoms with Crippen LogP contribution in [0.2, 0.25) is 0 Å². The molecular formula is C17H22N2O5. The van der Waals surface area contributed by atoms with Crippen LogP contribution in [0.4, 0.5) is 11.4 Å². The van der Waals surface area contributed by atoms with E-state index in [0.717, 1.165) is 12.2 Å². The Morgan fingerprint density at radius 1 is 1.17 bits per heavy atom. The summed E-state index contributed by atoms with van der Waals surface area (Å²) in [6.45, 7) is 6.43. The lowest BCUT2D eigenvalue weighted by Crippen LogP contribution is -2.42. The first-order chi connectivity index (χ1) is 11.4. The molecule has 2 N–H and O–H groups in total. The summed E-state index contributed by atoms with van der Waals surface area (Å²) in [4.78, 5) is 25.7. The molecule has 1 aromatic rings. The van der Waals surface area contributed by atoms with Crippen LogP contribution in [0.5, 0.6) is 0 Å². The van der Waals surface area contributed by atoms with Gasteiger partial charge in [-0.25, -0.2) is 9.59 Å². The number of anilines is 2. The first-order valence-corrected chi connectivity index (χ1v) is 7.75. The maximum Gasteiger partial charge on any atom is 0.350 e. The van der Waals surface area contributed by atoms with Crippen LogP contribution in [0.3, 0.4) is 0 Å². The van der Waals surface area contributed by atoms with E-state index in [2.05, 4.69) is 5.32 Å². The van der Waals surface area contributed by atoms with E-state index >= 15 is 0 Å². The molecule has 1 heterocycles. The number of likely N-dealkylation sites (N-methyl/N-ethyl adjacent to an activating group) is 1. The molecule has 1 fully saturated rings. The highest BCUT2D eigenvalue weighted by Gasteiger charge is 2.38. The molecule has 0 atom stereocenters. The van der Waals surface area contributed by atoms with Crippen molar-refractivity contribution >= 4 is 23.3 Å². The number of cyclic esters (lactones) is 2. The van der Waals surface area contributed by atoms with Gasteiger partial charge in [-0.1, -0.05) is 0 Å². The number of aliphatic hydroxyl groups is 1. The summed E-state index contributed by atoms with van der Waals surface area (Å²) in [5.41, 5.74) is 1.49. The Morgan fingerprint density at radius 2 is 1.75 bits per heavy atom. The van der Waals surface area contributed by atoms with E-state index in [1.54, 1.807) is 0 Å². The number of nitrogens with one attached hydrogen (secondary N) is 1. The number of rotatable bonds is 6. The van der Waals surface area contributed by atoms with E-state index in [9.17, 15) is 9.59 Å². The number of esters is 2. The van der Waals surface area contributed by atoms with Crippen LogP contribution in [0.1, 0.15) is 20.8 Å². The van der Waals surface area contributed by atoms with Gasteiger partial charge in [0, 0.05) is 44.5 Å². The van der Waals surface area contributed by atoms with Crippen molar-refractivity contribution in [1.29, 1.82) is 0 Å². The second-order valence-corrected chi connectivity index (χ2v) is 5.73. The van der Waals surface area contributed by atoms with Crippen LogP contribution in [-0.4, -0.2) is 42.5 Å². The zero-order valence-corrected chi connectivity index (χ0v) is 14.0. The molecule has 1 aromatic carbocycles. The Hall–Kier alpha value is -2.54. The Labute approximate surface area is 140 Å². The third-order valence-corrected chi connectivity index (χ3v) is 3.48. The molecule has 1 aliphatic rings. The Balaban J connectivity index is 2.06. The summed E-state index contributed by atoms with van der Waals surface area (Å²) in [5.74, 6) is -2.69. The monoisotopic (exact) mass is 334 g/mol. The minimum Gasteiger partial charge on any atom is -0.419 e. The largest absolute Gasteiger partial charge is 0.419 e. The molecule has 0 spiro atoms. The first kappa shape index (κ1) is 17.8. The second kappa shape index (κ2) is 7.35. The molecule has 7 heteroatoms. The summed E-state index contributed by atoms with van der Waals surface area (Å²) < 4.78 is 10.0. The van der Waals surface area contributed by atoms with Gasteiger partial charge in [0.25, 0.3) is 5.79 Å². The van der Waals surface area contributed by atoms with Crippen LogP contribution in [0.15, 0.2) is 36.0 Å². The highest BCUT2D eigenvalue weighted by molar-refractivity contribution is 6.15. The minimum absolute atomic E-state index is 0.0838. The number of carbonyl (C=O) groups excluding carboxylic acids is 2. The lowest BCUT2D eigenvalue weighted by molar-refractivity contribution is -0.222. The van der Waals surface area contributed by atoms with E-state index in [-0.39, 0.29) is 12.2 Å². The molecule has 2 rings (SSSR count). The van der Waals surface area contributed by atoms with Crippen molar-refractivity contribution in [1.82, 2.24) is 0 Å². The number of ether oxygens (including phenoxy) is 2. The summed E-state index contributed by atoms with van der Waals surface area (Å²) in [7, 11) is 0. The van der Waals surface area contributed by atoms with Crippen LogP contribution in [0, 0.1) is 0 Å². The van der Waals surface area contributed by atoms with Gasteiger partial charge in [0.15, 0.2) is 5.57 Å². The lowest BCUT2D eigenvalue weighted by atomic mass is 10.2. The number of aliphatic hydroxyl groups excluding tert-OH is 1. The van der Waals surface area contributed by atoms with Crippen molar-refractivity contribution in [2.45, 2.75) is 26.6 Å². The van der Waals surface area contributed by atoms with E-state index in [4.69, 9.17) is 14.6 Å². The molecule has 0 amide bonds. The molecular weight excluding hydrogens is 312 g/mol. The molecule has 1 saturated heterocycles. The number of carbonyl (C=O) groups is 2. The molecule has 0 radical (unpaired) electrons. The highest BCUT2D eigenvalue weighted by Crippen LogP contribution is 2.23. The molecule has 0 unspecified atom stereocenters. The smallest absolute Gasteiger partial charge is 0.350 e. The van der Waals surface area contributed by atoms with E-state index in [1.165, 1.54) is 20.0 Å². The van der Waals surface area contributed by atoms with Crippen molar-refractivity contribution in [3.8, 4) is 0 Å². The molecule has 1 aliphatic heterocycles. The topological polar surface area (TPSA) is 88.1 Å². The average molecular weight is 334 g/mol. The molecule has 7 nitrogen and oxygen atoms in total. The van der Waals surface area contributed by atoms with Crippen LogP contribution >= 0.6 is 0 Å². The van der Waals surface area contributed by atoms with Gasteiger partial charge in [-0.3, -0.25) is 0 Å². The number of hydrogen-bond acceptors (Lipinski definition) is 7. The van der Waals surface area contributed by atoms with E-state index in [1.807, 2.05) is 36.1 Å². The SMILES string of the molecule is CCN(CCO)c1ccc(NC=C2C(=O)OC(C)(C)OC2=O)cc1. The van der Waals surface area contributed by atoms with Crippen molar-refractivity contribution in [2.24, 2.45) is 0 Å². The van der Waals surface area contributed by atoms with Crippen molar-refractivity contribution in [2.75, 3.05) is 29.9 Å². The quantitative estimate of drug-likeness (QED) is 0.464. The fourth-order valence-electron chi connectivity index (χ4n) is 2.29. The average Bonchev–Trinajstić information content (AvgIpc) is 2.51. The molecule has 0 saturated carbocycles. The van der Waals surface area contributed by atoms with Gasteiger partial charge in [0.1, 0.15) is 0 Å². The predicted octanol–water partition coefficient (Wildman–Crippen LogP) is 1.64.